The van der Waals surface area contributed by atoms with Crippen LogP contribution in [0.3, 0.4) is 0 Å². The summed E-state index contributed by atoms with van der Waals surface area (Å²) >= 11 is 0. The summed E-state index contributed by atoms with van der Waals surface area (Å²) in [5.41, 5.74) is 0.458. The largest absolute Gasteiger partial charge is 0.444 e. The summed E-state index contributed by atoms with van der Waals surface area (Å²) in [5.74, 6) is 0. The SMILES string of the molecule is [CH2]C(O)C(Cc1ccccc1)NC(=O)OC(C)(C)C. The molecule has 0 saturated heterocycles. The van der Waals surface area contributed by atoms with Gasteiger partial charge in [0.25, 0.3) is 0 Å². The topological polar surface area (TPSA) is 58.6 Å². The predicted molar refractivity (Wildman–Crippen MR) is 74.7 cm³/mol. The van der Waals surface area contributed by atoms with Gasteiger partial charge in [0.15, 0.2) is 0 Å². The van der Waals surface area contributed by atoms with Crippen molar-refractivity contribution >= 4 is 6.09 Å². The Bertz CT molecular complexity index is 396. The van der Waals surface area contributed by atoms with Crippen LogP contribution in [-0.4, -0.2) is 28.9 Å². The van der Waals surface area contributed by atoms with Crippen molar-refractivity contribution in [3.63, 3.8) is 0 Å². The van der Waals surface area contributed by atoms with E-state index >= 15 is 0 Å². The molecule has 2 N–H and O–H groups in total. The summed E-state index contributed by atoms with van der Waals surface area (Å²) in [7, 11) is 0. The van der Waals surface area contributed by atoms with Crippen molar-refractivity contribution in [1.29, 1.82) is 0 Å². The molecule has 19 heavy (non-hydrogen) atoms. The first-order valence-electron chi connectivity index (χ1n) is 6.32. The second-order valence-corrected chi connectivity index (χ2v) is 5.51. The van der Waals surface area contributed by atoms with Crippen molar-refractivity contribution in [3.8, 4) is 0 Å². The van der Waals surface area contributed by atoms with Gasteiger partial charge in [-0.1, -0.05) is 30.3 Å². The van der Waals surface area contributed by atoms with Crippen LogP contribution in [0.1, 0.15) is 26.3 Å². The lowest BCUT2D eigenvalue weighted by molar-refractivity contribution is 0.0453. The minimum Gasteiger partial charge on any atom is -0.444 e. The van der Waals surface area contributed by atoms with Crippen LogP contribution in [0.2, 0.25) is 0 Å². The van der Waals surface area contributed by atoms with Crippen LogP contribution < -0.4 is 5.32 Å². The molecule has 1 aromatic carbocycles. The lowest BCUT2D eigenvalue weighted by atomic mass is 10.0. The summed E-state index contributed by atoms with van der Waals surface area (Å²) in [6.07, 6.45) is -0.936. The number of ether oxygens (including phenoxy) is 1. The highest BCUT2D eigenvalue weighted by Crippen LogP contribution is 2.09. The average Bonchev–Trinajstić information content (AvgIpc) is 2.26. The number of amides is 1. The fourth-order valence-electron chi connectivity index (χ4n) is 1.61. The first-order valence-corrected chi connectivity index (χ1v) is 6.32. The average molecular weight is 264 g/mol. The fourth-order valence-corrected chi connectivity index (χ4v) is 1.61. The van der Waals surface area contributed by atoms with Gasteiger partial charge in [-0.3, -0.25) is 0 Å². The van der Waals surface area contributed by atoms with Crippen LogP contribution >= 0.6 is 0 Å². The zero-order valence-electron chi connectivity index (χ0n) is 11.7. The van der Waals surface area contributed by atoms with Crippen LogP contribution in [0.25, 0.3) is 0 Å². The Balaban J connectivity index is 2.61. The van der Waals surface area contributed by atoms with E-state index in [2.05, 4.69) is 12.2 Å². The molecule has 0 fully saturated rings. The molecule has 4 heteroatoms. The van der Waals surface area contributed by atoms with Crippen LogP contribution in [0, 0.1) is 6.92 Å². The van der Waals surface area contributed by atoms with Gasteiger partial charge in [0.1, 0.15) is 5.60 Å². The molecular weight excluding hydrogens is 242 g/mol. The van der Waals surface area contributed by atoms with Crippen molar-refractivity contribution in [3.05, 3.63) is 42.8 Å². The lowest BCUT2D eigenvalue weighted by Crippen LogP contribution is -2.45. The highest BCUT2D eigenvalue weighted by molar-refractivity contribution is 5.68. The molecule has 0 aromatic heterocycles. The zero-order chi connectivity index (χ0) is 14.5. The number of alkyl carbamates (subject to hydrolysis) is 1. The highest BCUT2D eigenvalue weighted by atomic mass is 16.6. The Morgan fingerprint density at radius 3 is 2.42 bits per heavy atom. The van der Waals surface area contributed by atoms with Crippen molar-refractivity contribution in [2.45, 2.75) is 44.9 Å². The molecule has 0 saturated carbocycles. The van der Waals surface area contributed by atoms with E-state index in [9.17, 15) is 9.90 Å². The normalized spacial score (nSPS) is 14.6. The Labute approximate surface area is 114 Å². The second kappa shape index (κ2) is 6.57. The molecule has 0 aliphatic heterocycles. The van der Waals surface area contributed by atoms with Gasteiger partial charge < -0.3 is 15.2 Å². The third-order valence-electron chi connectivity index (χ3n) is 2.47. The third-order valence-corrected chi connectivity index (χ3v) is 2.47. The Kier molecular flexibility index (Phi) is 5.36. The van der Waals surface area contributed by atoms with E-state index in [1.165, 1.54) is 0 Å². The second-order valence-electron chi connectivity index (χ2n) is 5.51. The van der Waals surface area contributed by atoms with E-state index in [-0.39, 0.29) is 0 Å². The summed E-state index contributed by atoms with van der Waals surface area (Å²) in [6, 6.07) is 9.14. The first-order chi connectivity index (χ1) is 8.78. The van der Waals surface area contributed by atoms with Gasteiger partial charge in [0, 0.05) is 0 Å². The molecular formula is C15H22NO3. The molecule has 0 spiro atoms. The molecule has 1 rings (SSSR count). The summed E-state index contributed by atoms with van der Waals surface area (Å²) in [6.45, 7) is 8.94. The quantitative estimate of drug-likeness (QED) is 0.877. The lowest BCUT2D eigenvalue weighted by Gasteiger charge is -2.25. The monoisotopic (exact) mass is 264 g/mol. The van der Waals surface area contributed by atoms with Gasteiger partial charge in [-0.05, 0) is 39.7 Å². The molecule has 0 aliphatic rings. The molecule has 2 unspecified atom stereocenters. The molecule has 1 amide bonds. The number of benzene rings is 1. The molecule has 0 bridgehead atoms. The van der Waals surface area contributed by atoms with Crippen LogP contribution in [0.4, 0.5) is 4.79 Å². The van der Waals surface area contributed by atoms with Crippen LogP contribution in [0.5, 0.6) is 0 Å². The number of carbonyl (C=O) groups is 1. The van der Waals surface area contributed by atoms with Crippen molar-refractivity contribution in [1.82, 2.24) is 5.32 Å². The maximum absolute atomic E-state index is 11.7. The summed E-state index contributed by atoms with van der Waals surface area (Å²) in [5, 5.41) is 12.3. The number of hydrogen-bond donors (Lipinski definition) is 2. The van der Waals surface area contributed by atoms with Crippen LogP contribution in [0.15, 0.2) is 30.3 Å². The van der Waals surface area contributed by atoms with Crippen molar-refractivity contribution < 1.29 is 14.6 Å². The fraction of sp³-hybridized carbons (Fsp3) is 0.467. The maximum atomic E-state index is 11.7. The van der Waals surface area contributed by atoms with E-state index < -0.39 is 23.8 Å². The molecule has 105 valence electrons. The Morgan fingerprint density at radius 2 is 1.95 bits per heavy atom. The van der Waals surface area contributed by atoms with Gasteiger partial charge in [-0.25, -0.2) is 4.79 Å². The van der Waals surface area contributed by atoms with E-state index in [0.717, 1.165) is 5.56 Å². The maximum Gasteiger partial charge on any atom is 0.407 e. The molecule has 0 aliphatic carbocycles. The number of aliphatic hydroxyl groups excluding tert-OH is 1. The van der Waals surface area contributed by atoms with Gasteiger partial charge in [0.05, 0.1) is 12.1 Å². The summed E-state index contributed by atoms with van der Waals surface area (Å²) < 4.78 is 5.17. The summed E-state index contributed by atoms with van der Waals surface area (Å²) in [4.78, 5) is 11.7. The minimum absolute atomic E-state index is 0.475. The van der Waals surface area contributed by atoms with Crippen molar-refractivity contribution in [2.75, 3.05) is 0 Å². The number of hydrogen-bond acceptors (Lipinski definition) is 3. The predicted octanol–water partition coefficient (Wildman–Crippen LogP) is 2.32. The minimum atomic E-state index is -0.896. The van der Waals surface area contributed by atoms with E-state index in [1.54, 1.807) is 20.8 Å². The Hall–Kier alpha value is -1.55. The van der Waals surface area contributed by atoms with Crippen LogP contribution in [-0.2, 0) is 11.2 Å². The smallest absolute Gasteiger partial charge is 0.407 e. The molecule has 4 nitrogen and oxygen atoms in total. The van der Waals surface area contributed by atoms with Gasteiger partial charge >= 0.3 is 6.09 Å². The number of nitrogens with one attached hydrogen (secondary N) is 1. The van der Waals surface area contributed by atoms with E-state index in [1.807, 2.05) is 30.3 Å². The van der Waals surface area contributed by atoms with Crippen molar-refractivity contribution in [2.24, 2.45) is 0 Å². The number of carbonyl (C=O) groups excluding carboxylic acids is 1. The standard InChI is InChI=1S/C15H22NO3/c1-11(17)13(10-12-8-6-5-7-9-12)16-14(18)19-15(2,3)4/h5-9,11,13,17H,1,10H2,2-4H3,(H,16,18). The molecule has 1 radical (unpaired) electrons. The molecule has 0 heterocycles. The van der Waals surface area contributed by atoms with Gasteiger partial charge in [-0.2, -0.15) is 0 Å². The molecule has 2 atom stereocenters. The zero-order valence-corrected chi connectivity index (χ0v) is 11.7. The molecule has 1 aromatic rings. The number of aliphatic hydroxyl groups is 1. The van der Waals surface area contributed by atoms with E-state index in [0.29, 0.717) is 6.42 Å². The third kappa shape index (κ3) is 6.25. The first kappa shape index (κ1) is 15.5. The van der Waals surface area contributed by atoms with E-state index in [4.69, 9.17) is 4.74 Å². The van der Waals surface area contributed by atoms with Gasteiger partial charge in [0.2, 0.25) is 0 Å². The van der Waals surface area contributed by atoms with Gasteiger partial charge in [-0.15, -0.1) is 0 Å². The Morgan fingerprint density at radius 1 is 1.37 bits per heavy atom. The highest BCUT2D eigenvalue weighted by Gasteiger charge is 2.22. The number of rotatable bonds is 4.